The maximum absolute atomic E-state index is 12.3. The maximum atomic E-state index is 12.3. The summed E-state index contributed by atoms with van der Waals surface area (Å²) in [5.74, 6) is 0.780. The third kappa shape index (κ3) is 12.2. The SMILES string of the molecule is CCCCCCCCCCCCCCCCCC(=O)C1=NCCN1CC=CO. The summed E-state index contributed by atoms with van der Waals surface area (Å²) < 4.78 is 0. The number of carbonyl (C=O) groups is 1. The van der Waals surface area contributed by atoms with Gasteiger partial charge in [0.1, 0.15) is 0 Å². The lowest BCUT2D eigenvalue weighted by Gasteiger charge is -2.16. The van der Waals surface area contributed by atoms with E-state index in [2.05, 4.69) is 11.9 Å². The van der Waals surface area contributed by atoms with Gasteiger partial charge in [-0.3, -0.25) is 9.79 Å². The molecule has 0 aromatic heterocycles. The molecular weight excluding hydrogens is 348 g/mol. The van der Waals surface area contributed by atoms with Crippen LogP contribution in [-0.2, 0) is 4.79 Å². The fraction of sp³-hybridized carbons (Fsp3) is 0.833. The van der Waals surface area contributed by atoms with Gasteiger partial charge in [-0.1, -0.05) is 96.8 Å². The van der Waals surface area contributed by atoms with Crippen molar-refractivity contribution in [1.82, 2.24) is 4.90 Å². The van der Waals surface area contributed by atoms with Crippen LogP contribution in [0, 0.1) is 0 Å². The number of nitrogens with zero attached hydrogens (tertiary/aromatic N) is 2. The van der Waals surface area contributed by atoms with E-state index in [9.17, 15) is 4.79 Å². The van der Waals surface area contributed by atoms with E-state index in [4.69, 9.17) is 5.11 Å². The van der Waals surface area contributed by atoms with Crippen LogP contribution in [0.25, 0.3) is 0 Å². The second-order valence-corrected chi connectivity index (χ2v) is 8.16. The molecule has 0 unspecified atom stereocenters. The first-order valence-electron chi connectivity index (χ1n) is 11.9. The van der Waals surface area contributed by atoms with Gasteiger partial charge in [-0.2, -0.15) is 0 Å². The molecule has 4 nitrogen and oxygen atoms in total. The third-order valence-corrected chi connectivity index (χ3v) is 5.62. The van der Waals surface area contributed by atoms with Crippen LogP contribution in [0.5, 0.6) is 0 Å². The summed E-state index contributed by atoms with van der Waals surface area (Å²) in [6, 6.07) is 0. The first-order chi connectivity index (χ1) is 13.8. The van der Waals surface area contributed by atoms with Gasteiger partial charge in [0.25, 0.3) is 0 Å². The Labute approximate surface area is 173 Å². The molecule has 0 spiro atoms. The Kier molecular flexibility index (Phi) is 15.7. The van der Waals surface area contributed by atoms with Crippen molar-refractivity contribution < 1.29 is 9.90 Å². The van der Waals surface area contributed by atoms with Gasteiger partial charge in [0.15, 0.2) is 11.6 Å². The lowest BCUT2D eigenvalue weighted by molar-refractivity contribution is -0.113. The minimum absolute atomic E-state index is 0.165. The topological polar surface area (TPSA) is 52.9 Å². The van der Waals surface area contributed by atoms with Crippen LogP contribution in [0.2, 0.25) is 0 Å². The molecule has 0 aromatic rings. The second kappa shape index (κ2) is 17.8. The van der Waals surface area contributed by atoms with Gasteiger partial charge in [-0.05, 0) is 12.5 Å². The van der Waals surface area contributed by atoms with Crippen molar-refractivity contribution in [2.45, 2.75) is 110 Å². The molecule has 1 N–H and O–H groups in total. The normalized spacial score (nSPS) is 14.2. The average molecular weight is 393 g/mol. The molecule has 1 aliphatic rings. The van der Waals surface area contributed by atoms with E-state index in [0.29, 0.717) is 25.3 Å². The molecule has 1 aliphatic heterocycles. The second-order valence-electron chi connectivity index (χ2n) is 8.16. The number of rotatable bonds is 19. The van der Waals surface area contributed by atoms with Crippen LogP contribution in [-0.4, -0.2) is 41.3 Å². The van der Waals surface area contributed by atoms with E-state index in [1.165, 1.54) is 83.5 Å². The Morgan fingerprint density at radius 2 is 1.39 bits per heavy atom. The summed E-state index contributed by atoms with van der Waals surface area (Å²) in [5, 5.41) is 8.77. The van der Waals surface area contributed by atoms with Gasteiger partial charge in [0, 0.05) is 19.5 Å². The Bertz CT molecular complexity index is 446. The van der Waals surface area contributed by atoms with E-state index >= 15 is 0 Å². The summed E-state index contributed by atoms with van der Waals surface area (Å²) in [6.45, 7) is 4.32. The van der Waals surface area contributed by atoms with Crippen molar-refractivity contribution in [2.75, 3.05) is 19.6 Å². The number of hydrogen-bond donors (Lipinski definition) is 1. The molecule has 162 valence electrons. The molecule has 1 rings (SSSR count). The number of hydrogen-bond acceptors (Lipinski definition) is 4. The van der Waals surface area contributed by atoms with E-state index in [1.54, 1.807) is 6.08 Å². The van der Waals surface area contributed by atoms with Gasteiger partial charge in [0.2, 0.25) is 0 Å². The lowest BCUT2D eigenvalue weighted by atomic mass is 10.0. The van der Waals surface area contributed by atoms with Gasteiger partial charge in [0.05, 0.1) is 12.8 Å². The minimum atomic E-state index is 0.165. The highest BCUT2D eigenvalue weighted by Gasteiger charge is 2.21. The van der Waals surface area contributed by atoms with E-state index in [0.717, 1.165) is 25.6 Å². The summed E-state index contributed by atoms with van der Waals surface area (Å²) >= 11 is 0. The van der Waals surface area contributed by atoms with Gasteiger partial charge in [-0.15, -0.1) is 0 Å². The molecule has 0 amide bonds. The summed E-state index contributed by atoms with van der Waals surface area (Å²) in [4.78, 5) is 18.6. The number of unbranched alkanes of at least 4 members (excludes halogenated alkanes) is 14. The van der Waals surface area contributed by atoms with Crippen LogP contribution in [0.1, 0.15) is 110 Å². The van der Waals surface area contributed by atoms with E-state index in [1.807, 2.05) is 4.90 Å². The molecule has 4 heteroatoms. The maximum Gasteiger partial charge on any atom is 0.197 e. The Morgan fingerprint density at radius 1 is 0.893 bits per heavy atom. The van der Waals surface area contributed by atoms with Crippen molar-refractivity contribution in [3.63, 3.8) is 0 Å². The number of ketones is 1. The molecule has 0 saturated heterocycles. The molecule has 0 bridgehead atoms. The number of Topliss-reactive ketones (excluding diaryl/α,β-unsaturated/α-hetero) is 1. The van der Waals surface area contributed by atoms with Crippen molar-refractivity contribution in [1.29, 1.82) is 0 Å². The summed E-state index contributed by atoms with van der Waals surface area (Å²) in [6.07, 6.45) is 23.4. The van der Waals surface area contributed by atoms with E-state index in [-0.39, 0.29) is 5.78 Å². The minimum Gasteiger partial charge on any atom is -0.516 e. The molecule has 0 aromatic carbocycles. The zero-order chi connectivity index (χ0) is 20.3. The standard InChI is InChI=1S/C24H44N2O2/c1-2-3-4-5-6-7-8-9-10-11-12-13-14-15-16-18-23(28)24-25-19-21-26(24)20-17-22-27/h17,22,27H,2-16,18-21H2,1H3. The first-order valence-corrected chi connectivity index (χ1v) is 11.9. The van der Waals surface area contributed by atoms with Gasteiger partial charge >= 0.3 is 0 Å². The fourth-order valence-corrected chi connectivity index (χ4v) is 3.87. The number of aliphatic hydroxyl groups is 1. The smallest absolute Gasteiger partial charge is 0.197 e. The Balaban J connectivity index is 1.87. The molecule has 0 aliphatic carbocycles. The molecular formula is C24H44N2O2. The van der Waals surface area contributed by atoms with Crippen molar-refractivity contribution >= 4 is 11.6 Å². The van der Waals surface area contributed by atoms with Crippen molar-refractivity contribution in [2.24, 2.45) is 4.99 Å². The number of amidine groups is 1. The lowest BCUT2D eigenvalue weighted by Crippen LogP contribution is -2.33. The monoisotopic (exact) mass is 392 g/mol. The zero-order valence-electron chi connectivity index (χ0n) is 18.3. The summed E-state index contributed by atoms with van der Waals surface area (Å²) in [7, 11) is 0. The molecule has 0 fully saturated rings. The highest BCUT2D eigenvalue weighted by Crippen LogP contribution is 2.14. The third-order valence-electron chi connectivity index (χ3n) is 5.62. The van der Waals surface area contributed by atoms with E-state index < -0.39 is 0 Å². The summed E-state index contributed by atoms with van der Waals surface area (Å²) in [5.41, 5.74) is 0. The van der Waals surface area contributed by atoms with Crippen molar-refractivity contribution in [3.8, 4) is 0 Å². The Morgan fingerprint density at radius 3 is 1.89 bits per heavy atom. The largest absolute Gasteiger partial charge is 0.516 e. The fourth-order valence-electron chi connectivity index (χ4n) is 3.87. The van der Waals surface area contributed by atoms with Crippen LogP contribution < -0.4 is 0 Å². The van der Waals surface area contributed by atoms with Crippen LogP contribution >= 0.6 is 0 Å². The molecule has 28 heavy (non-hydrogen) atoms. The van der Waals surface area contributed by atoms with Gasteiger partial charge < -0.3 is 10.0 Å². The number of carbonyl (C=O) groups excluding carboxylic acids is 1. The molecule has 0 saturated carbocycles. The van der Waals surface area contributed by atoms with Crippen molar-refractivity contribution in [3.05, 3.63) is 12.3 Å². The van der Waals surface area contributed by atoms with Gasteiger partial charge in [-0.25, -0.2) is 0 Å². The first kappa shape index (κ1) is 24.7. The predicted octanol–water partition coefficient (Wildman–Crippen LogP) is 6.60. The highest BCUT2D eigenvalue weighted by molar-refractivity contribution is 6.39. The number of aliphatic hydroxyl groups excluding tert-OH is 1. The van der Waals surface area contributed by atoms with Crippen LogP contribution in [0.3, 0.4) is 0 Å². The van der Waals surface area contributed by atoms with Crippen LogP contribution in [0.15, 0.2) is 17.3 Å². The molecule has 0 radical (unpaired) electrons. The van der Waals surface area contributed by atoms with Crippen LogP contribution in [0.4, 0.5) is 0 Å². The zero-order valence-corrected chi connectivity index (χ0v) is 18.3. The number of aliphatic imine (C=N–C) groups is 1. The predicted molar refractivity (Wildman–Crippen MR) is 120 cm³/mol. The quantitative estimate of drug-likeness (QED) is 0.199. The average Bonchev–Trinajstić information content (AvgIpc) is 3.17. The molecule has 1 heterocycles. The highest BCUT2D eigenvalue weighted by atomic mass is 16.2. The molecule has 0 atom stereocenters. The Hall–Kier alpha value is -1.32.